The molecule has 27 heavy (non-hydrogen) atoms. The molecular formula is C22H26N2O3. The zero-order chi connectivity index (χ0) is 19.4. The SMILES string of the molecule is Cc1ccc2c(c1)C(=O)NCC(=O)N2Cc1ccccc1OCCC(C)C. The number of nitrogens with zero attached hydrogens (tertiary/aromatic N) is 1. The number of amides is 2. The molecule has 5 heteroatoms. The van der Waals surface area contributed by atoms with E-state index in [0.29, 0.717) is 30.3 Å². The van der Waals surface area contributed by atoms with Crippen LogP contribution < -0.4 is 15.0 Å². The van der Waals surface area contributed by atoms with Crippen LogP contribution in [0.3, 0.4) is 0 Å². The van der Waals surface area contributed by atoms with E-state index in [4.69, 9.17) is 4.74 Å². The normalized spacial score (nSPS) is 14.0. The minimum absolute atomic E-state index is 0.0110. The Labute approximate surface area is 160 Å². The smallest absolute Gasteiger partial charge is 0.253 e. The number of carbonyl (C=O) groups excluding carboxylic acids is 2. The molecule has 0 atom stereocenters. The number of hydrogen-bond acceptors (Lipinski definition) is 3. The summed E-state index contributed by atoms with van der Waals surface area (Å²) >= 11 is 0. The summed E-state index contributed by atoms with van der Waals surface area (Å²) < 4.78 is 5.96. The van der Waals surface area contributed by atoms with Crippen LogP contribution >= 0.6 is 0 Å². The van der Waals surface area contributed by atoms with E-state index in [9.17, 15) is 9.59 Å². The number of para-hydroxylation sites is 1. The standard InChI is InChI=1S/C22H26N2O3/c1-15(2)10-11-27-20-7-5-4-6-17(20)14-24-19-9-8-16(3)12-18(19)22(26)23-13-21(24)25/h4-9,12,15H,10-11,13-14H2,1-3H3,(H,23,26). The topological polar surface area (TPSA) is 58.6 Å². The van der Waals surface area contributed by atoms with Crippen LogP contribution in [0.4, 0.5) is 5.69 Å². The summed E-state index contributed by atoms with van der Waals surface area (Å²) in [6.45, 7) is 7.24. The number of ether oxygens (including phenoxy) is 1. The van der Waals surface area contributed by atoms with Gasteiger partial charge in [-0.15, -0.1) is 0 Å². The number of nitrogens with one attached hydrogen (secondary N) is 1. The van der Waals surface area contributed by atoms with Crippen LogP contribution in [0.15, 0.2) is 42.5 Å². The van der Waals surface area contributed by atoms with Gasteiger partial charge in [0.25, 0.3) is 5.91 Å². The first-order valence-corrected chi connectivity index (χ1v) is 9.35. The Balaban J connectivity index is 1.90. The van der Waals surface area contributed by atoms with E-state index in [1.165, 1.54) is 0 Å². The fourth-order valence-corrected chi connectivity index (χ4v) is 3.07. The van der Waals surface area contributed by atoms with Crippen molar-refractivity contribution in [2.75, 3.05) is 18.1 Å². The maximum atomic E-state index is 12.7. The molecule has 0 saturated carbocycles. The lowest BCUT2D eigenvalue weighted by molar-refractivity contribution is -0.117. The van der Waals surface area contributed by atoms with Gasteiger partial charge >= 0.3 is 0 Å². The van der Waals surface area contributed by atoms with Crippen LogP contribution in [0.5, 0.6) is 5.75 Å². The minimum atomic E-state index is -0.217. The van der Waals surface area contributed by atoms with Gasteiger partial charge < -0.3 is 15.0 Å². The van der Waals surface area contributed by atoms with Crippen molar-refractivity contribution in [2.24, 2.45) is 5.92 Å². The first kappa shape index (κ1) is 19.0. The highest BCUT2D eigenvalue weighted by atomic mass is 16.5. The quantitative estimate of drug-likeness (QED) is 0.848. The molecule has 2 aromatic carbocycles. The molecule has 0 spiro atoms. The monoisotopic (exact) mass is 366 g/mol. The third-order valence-corrected chi connectivity index (χ3v) is 4.64. The number of benzene rings is 2. The molecular weight excluding hydrogens is 340 g/mol. The molecule has 1 aliphatic rings. The van der Waals surface area contributed by atoms with Gasteiger partial charge in [0.15, 0.2) is 0 Å². The number of hydrogen-bond donors (Lipinski definition) is 1. The van der Waals surface area contributed by atoms with Crippen LogP contribution in [0.1, 0.15) is 41.8 Å². The van der Waals surface area contributed by atoms with Crippen molar-refractivity contribution >= 4 is 17.5 Å². The third-order valence-electron chi connectivity index (χ3n) is 4.64. The molecule has 0 bridgehead atoms. The summed E-state index contributed by atoms with van der Waals surface area (Å²) in [5.74, 6) is 0.994. The number of carbonyl (C=O) groups is 2. The number of anilines is 1. The number of rotatable bonds is 6. The molecule has 1 aliphatic heterocycles. The average Bonchev–Trinajstić information content (AvgIpc) is 2.75. The van der Waals surface area contributed by atoms with E-state index in [0.717, 1.165) is 23.3 Å². The molecule has 0 fully saturated rings. The summed E-state index contributed by atoms with van der Waals surface area (Å²) in [5.41, 5.74) is 3.07. The van der Waals surface area contributed by atoms with E-state index in [2.05, 4.69) is 19.2 Å². The van der Waals surface area contributed by atoms with Crippen LogP contribution in [-0.2, 0) is 11.3 Å². The third kappa shape index (κ3) is 4.48. The van der Waals surface area contributed by atoms with E-state index in [-0.39, 0.29) is 18.4 Å². The van der Waals surface area contributed by atoms with Crippen molar-refractivity contribution in [3.63, 3.8) is 0 Å². The zero-order valence-corrected chi connectivity index (χ0v) is 16.1. The summed E-state index contributed by atoms with van der Waals surface area (Å²) in [4.78, 5) is 26.7. The molecule has 0 saturated heterocycles. The molecule has 2 aromatic rings. The Morgan fingerprint density at radius 3 is 2.70 bits per heavy atom. The van der Waals surface area contributed by atoms with E-state index in [1.807, 2.05) is 49.4 Å². The Morgan fingerprint density at radius 2 is 1.93 bits per heavy atom. The summed E-state index contributed by atoms with van der Waals surface area (Å²) in [6.07, 6.45) is 0.970. The van der Waals surface area contributed by atoms with Crippen LogP contribution in [0, 0.1) is 12.8 Å². The van der Waals surface area contributed by atoms with Crippen molar-refractivity contribution in [3.05, 3.63) is 59.2 Å². The van der Waals surface area contributed by atoms with E-state index >= 15 is 0 Å². The van der Waals surface area contributed by atoms with Gasteiger partial charge in [-0.2, -0.15) is 0 Å². The van der Waals surface area contributed by atoms with Crippen molar-refractivity contribution in [2.45, 2.75) is 33.7 Å². The number of aryl methyl sites for hydroxylation is 1. The molecule has 3 rings (SSSR count). The Hall–Kier alpha value is -2.82. The Bertz CT molecular complexity index is 845. The molecule has 0 aliphatic carbocycles. The average molecular weight is 366 g/mol. The molecule has 0 radical (unpaired) electrons. The van der Waals surface area contributed by atoms with Crippen LogP contribution in [0.25, 0.3) is 0 Å². The second kappa shape index (κ2) is 8.25. The first-order valence-electron chi connectivity index (χ1n) is 9.35. The Morgan fingerprint density at radius 1 is 1.15 bits per heavy atom. The van der Waals surface area contributed by atoms with Gasteiger partial charge in [-0.25, -0.2) is 0 Å². The summed E-state index contributed by atoms with van der Waals surface area (Å²) in [7, 11) is 0. The molecule has 0 aromatic heterocycles. The molecule has 2 amide bonds. The highest BCUT2D eigenvalue weighted by Gasteiger charge is 2.27. The summed E-state index contributed by atoms with van der Waals surface area (Å²) in [6, 6.07) is 13.3. The lowest BCUT2D eigenvalue weighted by atomic mass is 10.1. The van der Waals surface area contributed by atoms with Gasteiger partial charge in [0, 0.05) is 5.56 Å². The highest BCUT2D eigenvalue weighted by molar-refractivity contribution is 6.09. The van der Waals surface area contributed by atoms with Crippen LogP contribution in [0.2, 0.25) is 0 Å². The zero-order valence-electron chi connectivity index (χ0n) is 16.1. The first-order chi connectivity index (χ1) is 13.0. The molecule has 142 valence electrons. The molecule has 5 nitrogen and oxygen atoms in total. The van der Waals surface area contributed by atoms with Gasteiger partial charge in [0.2, 0.25) is 5.91 Å². The van der Waals surface area contributed by atoms with Crippen LogP contribution in [-0.4, -0.2) is 25.0 Å². The lowest BCUT2D eigenvalue weighted by Gasteiger charge is -2.24. The summed E-state index contributed by atoms with van der Waals surface area (Å²) in [5, 5.41) is 2.69. The highest BCUT2D eigenvalue weighted by Crippen LogP contribution is 2.28. The van der Waals surface area contributed by atoms with Crippen molar-refractivity contribution in [1.82, 2.24) is 5.32 Å². The predicted octanol–water partition coefficient (Wildman–Crippen LogP) is 3.70. The maximum Gasteiger partial charge on any atom is 0.253 e. The molecule has 1 N–H and O–H groups in total. The van der Waals surface area contributed by atoms with E-state index < -0.39 is 0 Å². The van der Waals surface area contributed by atoms with Crippen molar-refractivity contribution in [1.29, 1.82) is 0 Å². The fraction of sp³-hybridized carbons (Fsp3) is 0.364. The van der Waals surface area contributed by atoms with Crippen molar-refractivity contribution < 1.29 is 14.3 Å². The number of fused-ring (bicyclic) bond motifs is 1. The van der Waals surface area contributed by atoms with E-state index in [1.54, 1.807) is 4.90 Å². The fourth-order valence-electron chi connectivity index (χ4n) is 3.07. The second-order valence-corrected chi connectivity index (χ2v) is 7.32. The van der Waals surface area contributed by atoms with Crippen molar-refractivity contribution in [3.8, 4) is 5.75 Å². The Kier molecular flexibility index (Phi) is 5.79. The maximum absolute atomic E-state index is 12.7. The minimum Gasteiger partial charge on any atom is -0.493 e. The van der Waals surface area contributed by atoms with Gasteiger partial charge in [-0.1, -0.05) is 43.7 Å². The van der Waals surface area contributed by atoms with Gasteiger partial charge in [-0.3, -0.25) is 9.59 Å². The van der Waals surface area contributed by atoms with Gasteiger partial charge in [-0.05, 0) is 37.5 Å². The second-order valence-electron chi connectivity index (χ2n) is 7.32. The molecule has 1 heterocycles. The largest absolute Gasteiger partial charge is 0.493 e. The van der Waals surface area contributed by atoms with Gasteiger partial charge in [0.1, 0.15) is 5.75 Å². The van der Waals surface area contributed by atoms with Gasteiger partial charge in [0.05, 0.1) is 30.9 Å². The molecule has 0 unspecified atom stereocenters. The lowest BCUT2D eigenvalue weighted by Crippen LogP contribution is -2.36. The predicted molar refractivity (Wildman–Crippen MR) is 106 cm³/mol.